The Morgan fingerprint density at radius 2 is 1.88 bits per heavy atom. The van der Waals surface area contributed by atoms with E-state index in [4.69, 9.17) is 4.74 Å². The van der Waals surface area contributed by atoms with Crippen LogP contribution < -0.4 is 4.74 Å². The minimum Gasteiger partial charge on any atom is -0.467 e. The molecular formula is C18H22FN3O2. The molecule has 0 unspecified atom stereocenters. The number of aromatic nitrogens is 2. The zero-order valence-electron chi connectivity index (χ0n) is 13.8. The quantitative estimate of drug-likeness (QED) is 0.933. The van der Waals surface area contributed by atoms with E-state index < -0.39 is 5.60 Å². The normalized spacial score (nSPS) is 22.1. The third kappa shape index (κ3) is 3.88. The molecule has 2 aromatic rings. The Bertz CT molecular complexity index is 663. The van der Waals surface area contributed by atoms with Gasteiger partial charge in [0.2, 0.25) is 0 Å². The molecule has 1 saturated heterocycles. The van der Waals surface area contributed by atoms with Crippen molar-refractivity contribution >= 4 is 0 Å². The average Bonchev–Trinajstić information content (AvgIpc) is 2.79. The smallest absolute Gasteiger partial charge is 0.316 e. The van der Waals surface area contributed by atoms with Gasteiger partial charge in [0, 0.05) is 31.0 Å². The van der Waals surface area contributed by atoms with E-state index in [-0.39, 0.29) is 5.82 Å². The van der Waals surface area contributed by atoms with Crippen molar-refractivity contribution in [3.05, 3.63) is 53.6 Å². The highest BCUT2D eigenvalue weighted by Gasteiger charge is 2.31. The summed E-state index contributed by atoms with van der Waals surface area (Å²) in [5.41, 5.74) is 0.917. The van der Waals surface area contributed by atoms with Crippen LogP contribution in [-0.2, 0) is 12.1 Å². The molecule has 0 amide bonds. The number of hydrogen-bond acceptors (Lipinski definition) is 5. The summed E-state index contributed by atoms with van der Waals surface area (Å²) in [5, 5.41) is 11.0. The van der Waals surface area contributed by atoms with Gasteiger partial charge in [0.1, 0.15) is 5.82 Å². The maximum absolute atomic E-state index is 13.1. The van der Waals surface area contributed by atoms with Crippen LogP contribution in [0.5, 0.6) is 6.01 Å². The molecular weight excluding hydrogens is 309 g/mol. The van der Waals surface area contributed by atoms with Crippen LogP contribution in [0, 0.1) is 5.82 Å². The van der Waals surface area contributed by atoms with Crippen LogP contribution in [0.4, 0.5) is 4.39 Å². The molecule has 1 aliphatic rings. The maximum Gasteiger partial charge on any atom is 0.316 e. The molecule has 3 rings (SSSR count). The van der Waals surface area contributed by atoms with Crippen molar-refractivity contribution in [2.75, 3.05) is 20.2 Å². The molecule has 1 aliphatic heterocycles. The van der Waals surface area contributed by atoms with E-state index in [1.807, 2.05) is 0 Å². The van der Waals surface area contributed by atoms with Gasteiger partial charge in [-0.2, -0.15) is 0 Å². The largest absolute Gasteiger partial charge is 0.467 e. The van der Waals surface area contributed by atoms with Crippen molar-refractivity contribution in [1.29, 1.82) is 0 Å². The molecule has 128 valence electrons. The van der Waals surface area contributed by atoms with Gasteiger partial charge in [0.15, 0.2) is 0 Å². The summed E-state index contributed by atoms with van der Waals surface area (Å²) in [4.78, 5) is 10.5. The lowest BCUT2D eigenvalue weighted by atomic mass is 9.87. The molecule has 0 spiro atoms. The Labute approximate surface area is 141 Å². The lowest BCUT2D eigenvalue weighted by Gasteiger charge is -2.27. The highest BCUT2D eigenvalue weighted by atomic mass is 19.1. The van der Waals surface area contributed by atoms with Crippen LogP contribution in [-0.4, -0.2) is 40.2 Å². The predicted molar refractivity (Wildman–Crippen MR) is 88.0 cm³/mol. The number of halogens is 1. The fourth-order valence-electron chi connectivity index (χ4n) is 3.17. The summed E-state index contributed by atoms with van der Waals surface area (Å²) in [6.45, 7) is 2.40. The van der Waals surface area contributed by atoms with Crippen molar-refractivity contribution in [3.63, 3.8) is 0 Å². The van der Waals surface area contributed by atoms with Crippen molar-refractivity contribution in [2.24, 2.45) is 0 Å². The second kappa shape index (κ2) is 7.23. The Hall–Kier alpha value is -2.05. The first kappa shape index (κ1) is 16.8. The second-order valence-electron chi connectivity index (χ2n) is 6.25. The number of rotatable bonds is 4. The fourth-order valence-corrected chi connectivity index (χ4v) is 3.17. The fraction of sp³-hybridized carbons (Fsp3) is 0.444. The first-order valence-electron chi connectivity index (χ1n) is 8.15. The van der Waals surface area contributed by atoms with Crippen LogP contribution in [0.15, 0.2) is 36.7 Å². The Balaban J connectivity index is 1.64. The second-order valence-corrected chi connectivity index (χ2v) is 6.25. The third-order valence-electron chi connectivity index (χ3n) is 4.56. The average molecular weight is 331 g/mol. The number of hydrogen-bond donors (Lipinski definition) is 1. The molecule has 24 heavy (non-hydrogen) atoms. The van der Waals surface area contributed by atoms with Gasteiger partial charge in [-0.15, -0.1) is 0 Å². The molecule has 0 saturated carbocycles. The van der Waals surface area contributed by atoms with Gasteiger partial charge in [-0.1, -0.05) is 12.1 Å². The monoisotopic (exact) mass is 331 g/mol. The van der Waals surface area contributed by atoms with Gasteiger partial charge >= 0.3 is 6.01 Å². The first-order chi connectivity index (χ1) is 11.6. The zero-order chi connectivity index (χ0) is 17.0. The highest BCUT2D eigenvalue weighted by molar-refractivity contribution is 5.23. The lowest BCUT2D eigenvalue weighted by molar-refractivity contribution is 0.0209. The molecule has 6 heteroatoms. The maximum atomic E-state index is 13.1. The summed E-state index contributed by atoms with van der Waals surface area (Å²) in [7, 11) is 1.54. The Kier molecular flexibility index (Phi) is 5.06. The lowest BCUT2D eigenvalue weighted by Crippen LogP contribution is -2.29. The van der Waals surface area contributed by atoms with Crippen molar-refractivity contribution in [1.82, 2.24) is 14.9 Å². The van der Waals surface area contributed by atoms with Gasteiger partial charge in [-0.05, 0) is 43.5 Å². The minimum absolute atomic E-state index is 0.280. The molecule has 1 N–H and O–H groups in total. The van der Waals surface area contributed by atoms with E-state index >= 15 is 0 Å². The van der Waals surface area contributed by atoms with Crippen molar-refractivity contribution < 1.29 is 14.2 Å². The topological polar surface area (TPSA) is 58.5 Å². The highest BCUT2D eigenvalue weighted by Crippen LogP contribution is 2.33. The number of nitrogens with zero attached hydrogens (tertiary/aromatic N) is 3. The van der Waals surface area contributed by atoms with E-state index in [1.165, 1.54) is 12.1 Å². The Morgan fingerprint density at radius 1 is 1.17 bits per heavy atom. The Morgan fingerprint density at radius 3 is 2.54 bits per heavy atom. The molecule has 5 nitrogen and oxygen atoms in total. The molecule has 0 bridgehead atoms. The summed E-state index contributed by atoms with van der Waals surface area (Å²) < 4.78 is 18.1. The minimum atomic E-state index is -0.890. The van der Waals surface area contributed by atoms with Crippen LogP contribution >= 0.6 is 0 Å². The van der Waals surface area contributed by atoms with Crippen LogP contribution in [0.25, 0.3) is 0 Å². The van der Waals surface area contributed by atoms with E-state index in [0.717, 1.165) is 37.2 Å². The molecule has 1 aromatic heterocycles. The number of likely N-dealkylation sites (tertiary alicyclic amines) is 1. The number of ether oxygens (including phenoxy) is 1. The van der Waals surface area contributed by atoms with Gasteiger partial charge in [-0.3, -0.25) is 4.90 Å². The SMILES string of the molecule is COc1ncc(CN2CCC[C@@](O)(c3ccc(F)cc3)CC2)cn1. The van der Waals surface area contributed by atoms with E-state index in [1.54, 1.807) is 31.6 Å². The summed E-state index contributed by atoms with van der Waals surface area (Å²) in [5.74, 6) is -0.280. The number of aliphatic hydroxyl groups is 1. The summed E-state index contributed by atoms with van der Waals surface area (Å²) in [6, 6.07) is 6.54. The molecule has 1 atom stereocenters. The van der Waals surface area contributed by atoms with Gasteiger partial charge in [-0.25, -0.2) is 14.4 Å². The molecule has 0 aliphatic carbocycles. The first-order valence-corrected chi connectivity index (χ1v) is 8.15. The predicted octanol–water partition coefficient (Wildman–Crippen LogP) is 2.50. The van der Waals surface area contributed by atoms with Gasteiger partial charge in [0.25, 0.3) is 0 Å². The third-order valence-corrected chi connectivity index (χ3v) is 4.56. The van der Waals surface area contributed by atoms with E-state index in [0.29, 0.717) is 18.9 Å². The molecule has 1 fully saturated rings. The standard InChI is InChI=1S/C18H22FN3O2/c1-24-17-20-11-14(12-21-17)13-22-9-2-7-18(23,8-10-22)15-3-5-16(19)6-4-15/h3-6,11-12,23H,2,7-10,13H2,1H3/t18-/m0/s1. The van der Waals surface area contributed by atoms with Crippen molar-refractivity contribution in [3.8, 4) is 6.01 Å². The van der Waals surface area contributed by atoms with Crippen LogP contribution in [0.3, 0.4) is 0 Å². The molecule has 1 aromatic carbocycles. The van der Waals surface area contributed by atoms with Gasteiger partial charge < -0.3 is 9.84 Å². The van der Waals surface area contributed by atoms with Crippen LogP contribution in [0.1, 0.15) is 30.4 Å². The molecule has 2 heterocycles. The number of methoxy groups -OCH3 is 1. The van der Waals surface area contributed by atoms with Crippen molar-refractivity contribution in [2.45, 2.75) is 31.4 Å². The number of benzene rings is 1. The molecule has 0 radical (unpaired) electrons. The summed E-state index contributed by atoms with van der Waals surface area (Å²) in [6.07, 6.45) is 5.71. The van der Waals surface area contributed by atoms with E-state index in [9.17, 15) is 9.50 Å². The van der Waals surface area contributed by atoms with Crippen LogP contribution in [0.2, 0.25) is 0 Å². The summed E-state index contributed by atoms with van der Waals surface area (Å²) >= 11 is 0. The van der Waals surface area contributed by atoms with Gasteiger partial charge in [0.05, 0.1) is 12.7 Å². The zero-order valence-corrected chi connectivity index (χ0v) is 13.8. The van der Waals surface area contributed by atoms with E-state index in [2.05, 4.69) is 14.9 Å².